The topological polar surface area (TPSA) is 102 Å². The number of benzene rings is 3. The molecule has 0 unspecified atom stereocenters. The summed E-state index contributed by atoms with van der Waals surface area (Å²) in [6.45, 7) is 0.332. The van der Waals surface area contributed by atoms with Crippen LogP contribution in [0.2, 0.25) is 5.02 Å². The van der Waals surface area contributed by atoms with Crippen LogP contribution in [0.25, 0.3) is 10.9 Å². The van der Waals surface area contributed by atoms with Crippen molar-refractivity contribution >= 4 is 34.3 Å². The van der Waals surface area contributed by atoms with E-state index >= 15 is 0 Å². The summed E-state index contributed by atoms with van der Waals surface area (Å²) in [5.74, 6) is -0.449. The number of para-hydroxylation sites is 1. The highest BCUT2D eigenvalue weighted by atomic mass is 35.5. The zero-order valence-corrected chi connectivity index (χ0v) is 22.8. The van der Waals surface area contributed by atoms with Crippen molar-refractivity contribution < 1.29 is 9.59 Å². The Morgan fingerprint density at radius 1 is 0.850 bits per heavy atom. The molecule has 3 aromatic carbocycles. The lowest BCUT2D eigenvalue weighted by Crippen LogP contribution is -2.44. The number of halogens is 1. The Morgan fingerprint density at radius 2 is 1.52 bits per heavy atom. The molecule has 40 heavy (non-hydrogen) atoms. The van der Waals surface area contributed by atoms with Crippen LogP contribution in [-0.4, -0.2) is 33.5 Å². The van der Waals surface area contributed by atoms with E-state index in [1.165, 1.54) is 4.57 Å². The number of nitrogens with one attached hydrogen (secondary N) is 2. The van der Waals surface area contributed by atoms with Crippen molar-refractivity contribution in [1.82, 2.24) is 19.8 Å². The fourth-order valence-corrected chi connectivity index (χ4v) is 5.29. The highest BCUT2D eigenvalue weighted by molar-refractivity contribution is 6.30. The molecule has 0 spiro atoms. The Kier molecular flexibility index (Phi) is 8.45. The minimum atomic E-state index is -0.547. The first kappa shape index (κ1) is 27.4. The van der Waals surface area contributed by atoms with Crippen LogP contribution in [0.1, 0.15) is 47.2 Å². The van der Waals surface area contributed by atoms with Crippen LogP contribution in [0, 0.1) is 0 Å². The highest BCUT2D eigenvalue weighted by Gasteiger charge is 2.20. The molecular weight excluding hydrogens is 528 g/mol. The molecule has 8 nitrogen and oxygen atoms in total. The first-order chi connectivity index (χ1) is 19.4. The van der Waals surface area contributed by atoms with Gasteiger partial charge in [0.1, 0.15) is 6.54 Å². The van der Waals surface area contributed by atoms with Gasteiger partial charge in [0, 0.05) is 23.2 Å². The van der Waals surface area contributed by atoms with Crippen LogP contribution in [0.5, 0.6) is 0 Å². The number of rotatable bonds is 9. The molecule has 2 amide bonds. The maximum absolute atomic E-state index is 13.5. The lowest BCUT2D eigenvalue weighted by molar-refractivity contribution is -0.122. The summed E-state index contributed by atoms with van der Waals surface area (Å²) in [7, 11) is 0. The van der Waals surface area contributed by atoms with E-state index in [-0.39, 0.29) is 30.9 Å². The Balaban J connectivity index is 1.30. The molecule has 5 rings (SSSR count). The monoisotopic (exact) mass is 558 g/mol. The number of aromatic nitrogens is 2. The number of hydrogen-bond acceptors (Lipinski definition) is 4. The maximum atomic E-state index is 13.5. The molecule has 0 bridgehead atoms. The van der Waals surface area contributed by atoms with Gasteiger partial charge in [-0.05, 0) is 66.8 Å². The Morgan fingerprint density at radius 3 is 2.25 bits per heavy atom. The van der Waals surface area contributed by atoms with E-state index < -0.39 is 11.2 Å². The van der Waals surface area contributed by atoms with E-state index in [4.69, 9.17) is 11.6 Å². The fraction of sp³-hybridized carbons (Fsp3) is 0.290. The summed E-state index contributed by atoms with van der Waals surface area (Å²) in [5.41, 5.74) is 1.70. The minimum Gasteiger partial charge on any atom is -0.352 e. The second-order valence-corrected chi connectivity index (χ2v) is 10.6. The normalized spacial score (nSPS) is 13.4. The third-order valence-corrected chi connectivity index (χ3v) is 7.58. The smallest absolute Gasteiger partial charge is 0.332 e. The van der Waals surface area contributed by atoms with Crippen molar-refractivity contribution in [1.29, 1.82) is 0 Å². The standard InChI is InChI=1S/C31H31ClN4O4/c32-24-15-11-21(12-16-24)17-18-33-29(38)23-13-9-22(10-14-23)19-36-30(39)26-7-3-4-8-27(26)35(31(36)40)20-28(37)34-25-5-1-2-6-25/h3-4,7-16,25H,1-2,5-6,17-20H2,(H,33,38)(H,34,37). The largest absolute Gasteiger partial charge is 0.352 e. The molecule has 1 fully saturated rings. The van der Waals surface area contributed by atoms with E-state index in [9.17, 15) is 19.2 Å². The first-order valence-electron chi connectivity index (χ1n) is 13.5. The van der Waals surface area contributed by atoms with Crippen molar-refractivity contribution in [3.63, 3.8) is 0 Å². The van der Waals surface area contributed by atoms with E-state index in [0.717, 1.165) is 35.8 Å². The molecule has 1 aliphatic carbocycles. The van der Waals surface area contributed by atoms with Gasteiger partial charge in [-0.15, -0.1) is 0 Å². The molecule has 1 aromatic heterocycles. The molecule has 1 aliphatic rings. The van der Waals surface area contributed by atoms with Crippen molar-refractivity contribution in [2.75, 3.05) is 6.54 Å². The van der Waals surface area contributed by atoms with Gasteiger partial charge in [0.25, 0.3) is 11.5 Å². The van der Waals surface area contributed by atoms with Crippen LogP contribution in [0.4, 0.5) is 0 Å². The Bertz CT molecular complexity index is 1640. The lowest BCUT2D eigenvalue weighted by Gasteiger charge is -2.16. The average molecular weight is 559 g/mol. The van der Waals surface area contributed by atoms with Crippen molar-refractivity contribution in [3.05, 3.63) is 115 Å². The van der Waals surface area contributed by atoms with Gasteiger partial charge >= 0.3 is 5.69 Å². The van der Waals surface area contributed by atoms with E-state index in [1.807, 2.05) is 24.3 Å². The molecule has 4 aromatic rings. The summed E-state index contributed by atoms with van der Waals surface area (Å²) in [4.78, 5) is 52.2. The quantitative estimate of drug-likeness (QED) is 0.325. The summed E-state index contributed by atoms with van der Waals surface area (Å²) < 4.78 is 2.51. The summed E-state index contributed by atoms with van der Waals surface area (Å²) in [6, 6.07) is 21.3. The van der Waals surface area contributed by atoms with Crippen molar-refractivity contribution in [3.8, 4) is 0 Å². The highest BCUT2D eigenvalue weighted by Crippen LogP contribution is 2.18. The number of amides is 2. The van der Waals surface area contributed by atoms with Crippen molar-refractivity contribution in [2.24, 2.45) is 0 Å². The molecule has 0 saturated heterocycles. The third-order valence-electron chi connectivity index (χ3n) is 7.32. The summed E-state index contributed by atoms with van der Waals surface area (Å²) in [5, 5.41) is 6.96. The zero-order valence-electron chi connectivity index (χ0n) is 22.1. The molecule has 0 radical (unpaired) electrons. The molecule has 9 heteroatoms. The van der Waals surface area contributed by atoms with Gasteiger partial charge in [0.2, 0.25) is 5.91 Å². The van der Waals surface area contributed by atoms with Gasteiger partial charge in [-0.3, -0.25) is 23.5 Å². The van der Waals surface area contributed by atoms with Crippen molar-refractivity contribution in [2.45, 2.75) is 51.2 Å². The van der Waals surface area contributed by atoms with Crippen LogP contribution < -0.4 is 21.9 Å². The molecular formula is C31H31ClN4O4. The maximum Gasteiger partial charge on any atom is 0.332 e. The number of hydrogen-bond donors (Lipinski definition) is 2. The zero-order chi connectivity index (χ0) is 28.1. The summed E-state index contributed by atoms with van der Waals surface area (Å²) >= 11 is 5.92. The molecule has 2 N–H and O–H groups in total. The second kappa shape index (κ2) is 12.3. The van der Waals surface area contributed by atoms with Crippen LogP contribution in [0.15, 0.2) is 82.4 Å². The van der Waals surface area contributed by atoms with Gasteiger partial charge in [0.05, 0.1) is 17.4 Å². The SMILES string of the molecule is O=C(Cn1c(=O)n(Cc2ccc(C(=O)NCCc3ccc(Cl)cc3)cc2)c(=O)c2ccccc21)NC1CCCC1. The van der Waals surface area contributed by atoms with Crippen LogP contribution >= 0.6 is 11.6 Å². The second-order valence-electron chi connectivity index (χ2n) is 10.2. The first-order valence-corrected chi connectivity index (χ1v) is 13.9. The molecule has 0 aliphatic heterocycles. The number of carbonyl (C=O) groups excluding carboxylic acids is 2. The summed E-state index contributed by atoms with van der Waals surface area (Å²) in [6.07, 6.45) is 4.73. The van der Waals surface area contributed by atoms with Gasteiger partial charge in [-0.25, -0.2) is 4.79 Å². The molecule has 1 heterocycles. The predicted octanol–water partition coefficient (Wildman–Crippen LogP) is 3.90. The average Bonchev–Trinajstić information content (AvgIpc) is 3.47. The van der Waals surface area contributed by atoms with Gasteiger partial charge in [-0.2, -0.15) is 0 Å². The van der Waals surface area contributed by atoms with Crippen LogP contribution in [0.3, 0.4) is 0 Å². The Hall–Kier alpha value is -4.17. The number of fused-ring (bicyclic) bond motifs is 1. The minimum absolute atomic E-state index is 0.0191. The van der Waals surface area contributed by atoms with Gasteiger partial charge < -0.3 is 10.6 Å². The predicted molar refractivity (Wildman–Crippen MR) is 156 cm³/mol. The molecule has 0 atom stereocenters. The molecule has 1 saturated carbocycles. The Labute approximate surface area is 236 Å². The van der Waals surface area contributed by atoms with Gasteiger partial charge in [-0.1, -0.05) is 60.8 Å². The fourth-order valence-electron chi connectivity index (χ4n) is 5.17. The number of carbonyl (C=O) groups is 2. The lowest BCUT2D eigenvalue weighted by atomic mass is 10.1. The van der Waals surface area contributed by atoms with E-state index in [2.05, 4.69) is 10.6 Å². The van der Waals surface area contributed by atoms with E-state index in [0.29, 0.717) is 40.0 Å². The number of nitrogens with zero attached hydrogens (tertiary/aromatic N) is 2. The third kappa shape index (κ3) is 6.34. The van der Waals surface area contributed by atoms with E-state index in [1.54, 1.807) is 48.5 Å². The van der Waals surface area contributed by atoms with Gasteiger partial charge in [0.15, 0.2) is 0 Å². The van der Waals surface area contributed by atoms with Crippen LogP contribution in [-0.2, 0) is 24.3 Å². The molecule has 206 valence electrons.